The van der Waals surface area contributed by atoms with E-state index in [-0.39, 0.29) is 11.8 Å². The minimum Gasteiger partial charge on any atom is -0.397 e. The van der Waals surface area contributed by atoms with Gasteiger partial charge in [0.05, 0.1) is 29.5 Å². The number of hydrogen-bond acceptors (Lipinski definition) is 7. The average molecular weight is 544 g/mol. The maximum atomic E-state index is 13.4. The lowest BCUT2D eigenvalue weighted by Crippen LogP contribution is -2.43. The standard InChI is InChI=1S/C30H33N5O3S/c31-24-8-4-5-9-25(24)34-29(36)27-18-22-10-11-23(19-26(22)39-27)28(32-12-13-35-14-16-38-17-15-35)30(37)33-20-21-6-2-1-3-7-21/h1-11,18-19,28,32H,12-17,20,31H2,(H,33,37)(H,34,36). The van der Waals surface area contributed by atoms with E-state index in [1.807, 2.05) is 66.7 Å². The van der Waals surface area contributed by atoms with Crippen LogP contribution in [0.4, 0.5) is 11.4 Å². The number of para-hydroxylation sites is 2. The number of amides is 2. The molecule has 1 fully saturated rings. The summed E-state index contributed by atoms with van der Waals surface area (Å²) in [5.74, 6) is -0.300. The summed E-state index contributed by atoms with van der Waals surface area (Å²) in [6, 6.07) is 24.3. The van der Waals surface area contributed by atoms with Crippen molar-refractivity contribution >= 4 is 44.6 Å². The Morgan fingerprint density at radius 3 is 2.54 bits per heavy atom. The van der Waals surface area contributed by atoms with Gasteiger partial charge in [-0.3, -0.25) is 14.5 Å². The second kappa shape index (κ2) is 12.9. The van der Waals surface area contributed by atoms with Gasteiger partial charge in [0.2, 0.25) is 5.91 Å². The Kier molecular flexibility index (Phi) is 8.85. The van der Waals surface area contributed by atoms with Crippen molar-refractivity contribution in [1.29, 1.82) is 0 Å². The largest absolute Gasteiger partial charge is 0.397 e. The number of nitrogen functional groups attached to an aromatic ring is 1. The SMILES string of the molecule is Nc1ccccc1NC(=O)c1cc2ccc(C(NCCN3CCOCC3)C(=O)NCc3ccccc3)cc2s1. The van der Waals surface area contributed by atoms with Gasteiger partial charge in [0.25, 0.3) is 5.91 Å². The van der Waals surface area contributed by atoms with Crippen molar-refractivity contribution in [1.82, 2.24) is 15.5 Å². The van der Waals surface area contributed by atoms with Crippen molar-refractivity contribution in [3.63, 3.8) is 0 Å². The molecule has 1 atom stereocenters. The lowest BCUT2D eigenvalue weighted by atomic mass is 10.0. The average Bonchev–Trinajstić information content (AvgIpc) is 3.40. The highest BCUT2D eigenvalue weighted by molar-refractivity contribution is 7.20. The third-order valence-corrected chi connectivity index (χ3v) is 7.86. The Morgan fingerprint density at radius 1 is 0.974 bits per heavy atom. The molecule has 1 aliphatic heterocycles. The molecule has 5 N–H and O–H groups in total. The zero-order valence-electron chi connectivity index (χ0n) is 21.7. The predicted octanol–water partition coefficient (Wildman–Crippen LogP) is 4.02. The van der Waals surface area contributed by atoms with Crippen molar-refractivity contribution < 1.29 is 14.3 Å². The van der Waals surface area contributed by atoms with Crippen LogP contribution in [0.5, 0.6) is 0 Å². The Bertz CT molecular complexity index is 1420. The molecular formula is C30H33N5O3S. The fraction of sp³-hybridized carbons (Fsp3) is 0.267. The fourth-order valence-corrected chi connectivity index (χ4v) is 5.58. The molecule has 202 valence electrons. The van der Waals surface area contributed by atoms with Crippen molar-refractivity contribution in [3.05, 3.63) is 94.9 Å². The van der Waals surface area contributed by atoms with Gasteiger partial charge in [-0.15, -0.1) is 11.3 Å². The van der Waals surface area contributed by atoms with E-state index in [1.54, 1.807) is 12.1 Å². The van der Waals surface area contributed by atoms with Crippen molar-refractivity contribution in [2.24, 2.45) is 0 Å². The van der Waals surface area contributed by atoms with Crippen LogP contribution in [0.1, 0.15) is 26.8 Å². The zero-order chi connectivity index (χ0) is 27.0. The summed E-state index contributed by atoms with van der Waals surface area (Å²) in [6.45, 7) is 5.22. The molecule has 9 heteroatoms. The van der Waals surface area contributed by atoms with Gasteiger partial charge >= 0.3 is 0 Å². The van der Waals surface area contributed by atoms with Crippen LogP contribution in [-0.2, 0) is 16.1 Å². The Morgan fingerprint density at radius 2 is 1.74 bits per heavy atom. The molecular weight excluding hydrogens is 510 g/mol. The predicted molar refractivity (Wildman–Crippen MR) is 157 cm³/mol. The first-order valence-electron chi connectivity index (χ1n) is 13.1. The maximum Gasteiger partial charge on any atom is 0.265 e. The smallest absolute Gasteiger partial charge is 0.265 e. The molecule has 1 unspecified atom stereocenters. The van der Waals surface area contributed by atoms with Crippen LogP contribution in [0.2, 0.25) is 0 Å². The second-order valence-corrected chi connectivity index (χ2v) is 10.6. The first-order valence-corrected chi connectivity index (χ1v) is 13.9. The Labute approximate surface area is 232 Å². The van der Waals surface area contributed by atoms with E-state index in [4.69, 9.17) is 10.5 Å². The molecule has 0 saturated carbocycles. The van der Waals surface area contributed by atoms with E-state index < -0.39 is 6.04 Å². The topological polar surface area (TPSA) is 109 Å². The van der Waals surface area contributed by atoms with Crippen LogP contribution in [0, 0.1) is 0 Å². The van der Waals surface area contributed by atoms with Crippen LogP contribution in [-0.4, -0.2) is 56.1 Å². The number of carbonyl (C=O) groups is 2. The molecule has 4 aromatic rings. The number of anilines is 2. The minimum absolute atomic E-state index is 0.0887. The number of nitrogens with one attached hydrogen (secondary N) is 3. The van der Waals surface area contributed by atoms with Gasteiger partial charge in [0.1, 0.15) is 6.04 Å². The number of fused-ring (bicyclic) bond motifs is 1. The van der Waals surface area contributed by atoms with E-state index in [0.29, 0.717) is 29.3 Å². The highest BCUT2D eigenvalue weighted by Crippen LogP contribution is 2.30. The van der Waals surface area contributed by atoms with Crippen molar-refractivity contribution in [2.75, 3.05) is 50.4 Å². The first kappa shape index (κ1) is 26.8. The van der Waals surface area contributed by atoms with Crippen LogP contribution < -0.4 is 21.7 Å². The molecule has 1 aliphatic rings. The molecule has 8 nitrogen and oxygen atoms in total. The van der Waals surface area contributed by atoms with Crippen LogP contribution in [0.3, 0.4) is 0 Å². The number of benzene rings is 3. The van der Waals surface area contributed by atoms with Gasteiger partial charge in [-0.25, -0.2) is 0 Å². The molecule has 0 aliphatic carbocycles. The molecule has 0 spiro atoms. The molecule has 0 bridgehead atoms. The molecule has 1 aromatic heterocycles. The second-order valence-electron chi connectivity index (χ2n) is 9.49. The van der Waals surface area contributed by atoms with Gasteiger partial charge in [-0.2, -0.15) is 0 Å². The monoisotopic (exact) mass is 543 g/mol. The summed E-state index contributed by atoms with van der Waals surface area (Å²) in [5, 5.41) is 10.4. The first-order chi connectivity index (χ1) is 19.1. The van der Waals surface area contributed by atoms with Crippen molar-refractivity contribution in [2.45, 2.75) is 12.6 Å². The number of hydrogen-bond donors (Lipinski definition) is 4. The van der Waals surface area contributed by atoms with Crippen LogP contribution >= 0.6 is 11.3 Å². The zero-order valence-corrected chi connectivity index (χ0v) is 22.5. The number of carbonyl (C=O) groups excluding carboxylic acids is 2. The lowest BCUT2D eigenvalue weighted by Gasteiger charge is -2.27. The number of morpholine rings is 1. The van der Waals surface area contributed by atoms with Gasteiger partial charge in [-0.05, 0) is 40.8 Å². The summed E-state index contributed by atoms with van der Waals surface area (Å²) in [4.78, 5) is 29.2. The maximum absolute atomic E-state index is 13.4. The molecule has 2 heterocycles. The summed E-state index contributed by atoms with van der Waals surface area (Å²) in [5.41, 5.74) is 8.99. The quantitative estimate of drug-likeness (QED) is 0.225. The number of ether oxygens (including phenoxy) is 1. The molecule has 39 heavy (non-hydrogen) atoms. The Hall–Kier alpha value is -3.76. The number of nitrogens with two attached hydrogens (primary N) is 1. The fourth-order valence-electron chi connectivity index (χ4n) is 4.57. The number of thiophene rings is 1. The molecule has 1 saturated heterocycles. The van der Waals surface area contributed by atoms with E-state index in [9.17, 15) is 9.59 Å². The number of nitrogens with zero attached hydrogens (tertiary/aromatic N) is 1. The van der Waals surface area contributed by atoms with Gasteiger partial charge in [-0.1, -0.05) is 54.6 Å². The summed E-state index contributed by atoms with van der Waals surface area (Å²) < 4.78 is 6.39. The molecule has 2 amide bonds. The summed E-state index contributed by atoms with van der Waals surface area (Å²) >= 11 is 1.40. The van der Waals surface area contributed by atoms with Crippen molar-refractivity contribution in [3.8, 4) is 0 Å². The number of rotatable bonds is 10. The van der Waals surface area contributed by atoms with Gasteiger partial charge in [0, 0.05) is 37.4 Å². The molecule has 0 radical (unpaired) electrons. The van der Waals surface area contributed by atoms with E-state index >= 15 is 0 Å². The summed E-state index contributed by atoms with van der Waals surface area (Å²) in [6.07, 6.45) is 0. The van der Waals surface area contributed by atoms with Crippen LogP contribution in [0.15, 0.2) is 78.9 Å². The van der Waals surface area contributed by atoms with E-state index in [1.165, 1.54) is 11.3 Å². The van der Waals surface area contributed by atoms with E-state index in [0.717, 1.165) is 54.1 Å². The normalized spacial score (nSPS) is 14.7. The third-order valence-electron chi connectivity index (χ3n) is 6.76. The molecule has 3 aromatic carbocycles. The highest BCUT2D eigenvalue weighted by Gasteiger charge is 2.22. The van der Waals surface area contributed by atoms with Gasteiger partial charge in [0.15, 0.2) is 0 Å². The third kappa shape index (κ3) is 7.01. The highest BCUT2D eigenvalue weighted by atomic mass is 32.1. The summed E-state index contributed by atoms with van der Waals surface area (Å²) in [7, 11) is 0. The Balaban J connectivity index is 1.32. The minimum atomic E-state index is -0.525. The lowest BCUT2D eigenvalue weighted by molar-refractivity contribution is -0.123. The van der Waals surface area contributed by atoms with Gasteiger partial charge < -0.3 is 26.4 Å². The van der Waals surface area contributed by atoms with Crippen LogP contribution in [0.25, 0.3) is 10.1 Å². The molecule has 5 rings (SSSR count). The van der Waals surface area contributed by atoms with E-state index in [2.05, 4.69) is 20.9 Å².